The van der Waals surface area contributed by atoms with Crippen LogP contribution >= 0.6 is 0 Å². The Morgan fingerprint density at radius 2 is 2.07 bits per heavy atom. The maximum absolute atomic E-state index is 8.85. The van der Waals surface area contributed by atoms with E-state index < -0.39 is 0 Å². The Morgan fingerprint density at radius 3 is 2.67 bits per heavy atom. The Labute approximate surface area is 91.6 Å². The van der Waals surface area contributed by atoms with Crippen molar-refractivity contribution in [3.63, 3.8) is 0 Å². The molecule has 0 saturated heterocycles. The van der Waals surface area contributed by atoms with Crippen LogP contribution in [0.5, 0.6) is 0 Å². The van der Waals surface area contributed by atoms with E-state index in [2.05, 4.69) is 11.4 Å². The lowest BCUT2D eigenvalue weighted by Crippen LogP contribution is -2.30. The van der Waals surface area contributed by atoms with E-state index in [9.17, 15) is 0 Å². The number of hydrogen-bond acceptors (Lipinski definition) is 4. The number of hydrogen-bond donors (Lipinski definition) is 1. The predicted molar refractivity (Wildman–Crippen MR) is 57.5 cm³/mol. The Kier molecular flexibility index (Phi) is 6.33. The average molecular weight is 212 g/mol. The molecule has 1 atom stereocenters. The van der Waals surface area contributed by atoms with Gasteiger partial charge in [-0.05, 0) is 26.2 Å². The van der Waals surface area contributed by atoms with Crippen LogP contribution in [0.25, 0.3) is 0 Å². The monoisotopic (exact) mass is 212 g/mol. The molecule has 0 spiro atoms. The lowest BCUT2D eigenvalue weighted by Gasteiger charge is -2.10. The molecule has 1 fully saturated rings. The van der Waals surface area contributed by atoms with Crippen molar-refractivity contribution < 1.29 is 9.47 Å². The van der Waals surface area contributed by atoms with Crippen LogP contribution in [0.3, 0.4) is 0 Å². The first kappa shape index (κ1) is 12.4. The molecule has 1 aliphatic rings. The van der Waals surface area contributed by atoms with Crippen molar-refractivity contribution in [1.82, 2.24) is 5.32 Å². The topological polar surface area (TPSA) is 54.3 Å². The minimum Gasteiger partial charge on any atom is -0.379 e. The molecule has 1 N–H and O–H groups in total. The van der Waals surface area contributed by atoms with Crippen LogP contribution in [0.15, 0.2) is 0 Å². The van der Waals surface area contributed by atoms with Gasteiger partial charge in [-0.1, -0.05) is 0 Å². The van der Waals surface area contributed by atoms with Gasteiger partial charge in [0.05, 0.1) is 25.3 Å². The predicted octanol–water partition coefficient (Wildman–Crippen LogP) is 1.07. The summed E-state index contributed by atoms with van der Waals surface area (Å²) in [6.45, 7) is 4.59. The van der Waals surface area contributed by atoms with Gasteiger partial charge in [0.2, 0.25) is 0 Å². The third-order valence-electron chi connectivity index (χ3n) is 2.30. The lowest BCUT2D eigenvalue weighted by molar-refractivity contribution is 0.0505. The second kappa shape index (κ2) is 7.63. The van der Waals surface area contributed by atoms with Gasteiger partial charge in [0.25, 0.3) is 0 Å². The van der Waals surface area contributed by atoms with Crippen molar-refractivity contribution in [3.05, 3.63) is 0 Å². The average Bonchev–Trinajstić information content (AvgIpc) is 3.05. The van der Waals surface area contributed by atoms with E-state index in [4.69, 9.17) is 14.7 Å². The molecule has 0 bridgehead atoms. The largest absolute Gasteiger partial charge is 0.379 e. The van der Waals surface area contributed by atoms with Gasteiger partial charge in [0, 0.05) is 19.3 Å². The van der Waals surface area contributed by atoms with E-state index in [1.54, 1.807) is 0 Å². The number of ether oxygens (including phenoxy) is 2. The van der Waals surface area contributed by atoms with Gasteiger partial charge in [-0.3, -0.25) is 5.32 Å². The summed E-state index contributed by atoms with van der Waals surface area (Å²) in [4.78, 5) is 0. The minimum atomic E-state index is -0.0513. The van der Waals surface area contributed by atoms with Gasteiger partial charge in [-0.15, -0.1) is 0 Å². The fraction of sp³-hybridized carbons (Fsp3) is 0.909. The van der Waals surface area contributed by atoms with Gasteiger partial charge in [0.15, 0.2) is 0 Å². The number of nitrogens with one attached hydrogen (secondary N) is 1. The highest BCUT2D eigenvalue weighted by molar-refractivity contribution is 4.95. The van der Waals surface area contributed by atoms with Crippen LogP contribution in [0.4, 0.5) is 0 Å². The molecule has 0 heterocycles. The first-order valence-corrected chi connectivity index (χ1v) is 5.68. The van der Waals surface area contributed by atoms with Gasteiger partial charge in [-0.25, -0.2) is 0 Å². The number of rotatable bonds is 9. The first-order valence-electron chi connectivity index (χ1n) is 5.68. The van der Waals surface area contributed by atoms with Crippen molar-refractivity contribution in [3.8, 4) is 6.07 Å². The van der Waals surface area contributed by atoms with Crippen molar-refractivity contribution >= 4 is 0 Å². The highest BCUT2D eigenvalue weighted by atomic mass is 16.5. The molecule has 1 saturated carbocycles. The van der Waals surface area contributed by atoms with E-state index in [1.165, 1.54) is 12.8 Å². The zero-order chi connectivity index (χ0) is 10.9. The van der Waals surface area contributed by atoms with Gasteiger partial charge >= 0.3 is 0 Å². The van der Waals surface area contributed by atoms with Gasteiger partial charge in [0.1, 0.15) is 0 Å². The fourth-order valence-electron chi connectivity index (χ4n) is 1.29. The Morgan fingerprint density at radius 1 is 1.33 bits per heavy atom. The molecule has 0 aliphatic heterocycles. The smallest absolute Gasteiger partial charge is 0.0977 e. The highest BCUT2D eigenvalue weighted by Crippen LogP contribution is 2.19. The summed E-state index contributed by atoms with van der Waals surface area (Å²) in [5, 5.41) is 12.1. The van der Waals surface area contributed by atoms with Crippen LogP contribution < -0.4 is 5.32 Å². The first-order chi connectivity index (χ1) is 7.36. The molecule has 1 rings (SSSR count). The quantitative estimate of drug-likeness (QED) is 0.581. The Hall–Kier alpha value is -0.630. The molecule has 0 aromatic heterocycles. The second-order valence-electron chi connectivity index (χ2n) is 3.72. The molecule has 0 aromatic rings. The molecular weight excluding hydrogens is 192 g/mol. The van der Waals surface area contributed by atoms with Crippen LogP contribution in [0.2, 0.25) is 0 Å². The van der Waals surface area contributed by atoms with Crippen molar-refractivity contribution in [2.45, 2.75) is 38.3 Å². The van der Waals surface area contributed by atoms with Crippen LogP contribution in [0, 0.1) is 11.3 Å². The summed E-state index contributed by atoms with van der Waals surface area (Å²) in [5.41, 5.74) is 0. The summed E-state index contributed by atoms with van der Waals surface area (Å²) in [5.74, 6) is 0. The molecule has 0 radical (unpaired) electrons. The SMILES string of the molecule is CCOCCOCCC(C#N)NC1CC1. The van der Waals surface area contributed by atoms with E-state index in [0.717, 1.165) is 13.0 Å². The van der Waals surface area contributed by atoms with E-state index in [0.29, 0.717) is 25.9 Å². The van der Waals surface area contributed by atoms with Crippen LogP contribution in [-0.2, 0) is 9.47 Å². The second-order valence-corrected chi connectivity index (χ2v) is 3.72. The van der Waals surface area contributed by atoms with E-state index in [-0.39, 0.29) is 6.04 Å². The van der Waals surface area contributed by atoms with Gasteiger partial charge in [-0.2, -0.15) is 5.26 Å². The molecule has 1 aliphatic carbocycles. The third-order valence-corrected chi connectivity index (χ3v) is 2.30. The summed E-state index contributed by atoms with van der Waals surface area (Å²) in [6, 6.07) is 2.78. The minimum absolute atomic E-state index is 0.0513. The zero-order valence-corrected chi connectivity index (χ0v) is 9.37. The van der Waals surface area contributed by atoms with Crippen molar-refractivity contribution in [2.24, 2.45) is 0 Å². The Balaban J connectivity index is 1.90. The number of nitriles is 1. The van der Waals surface area contributed by atoms with Crippen molar-refractivity contribution in [2.75, 3.05) is 26.4 Å². The standard InChI is InChI=1S/C11H20N2O2/c1-2-14-7-8-15-6-5-11(9-12)13-10-3-4-10/h10-11,13H,2-8H2,1H3. The maximum Gasteiger partial charge on any atom is 0.0977 e. The zero-order valence-electron chi connectivity index (χ0n) is 9.37. The number of nitrogens with zero attached hydrogens (tertiary/aromatic N) is 1. The molecule has 4 nitrogen and oxygen atoms in total. The molecule has 4 heteroatoms. The third kappa shape index (κ3) is 6.45. The molecule has 15 heavy (non-hydrogen) atoms. The molecule has 0 amide bonds. The van der Waals surface area contributed by atoms with Crippen molar-refractivity contribution in [1.29, 1.82) is 5.26 Å². The van der Waals surface area contributed by atoms with Gasteiger partial charge < -0.3 is 9.47 Å². The van der Waals surface area contributed by atoms with Crippen LogP contribution in [-0.4, -0.2) is 38.5 Å². The fourth-order valence-corrected chi connectivity index (χ4v) is 1.29. The highest BCUT2D eigenvalue weighted by Gasteiger charge is 2.24. The lowest BCUT2D eigenvalue weighted by atomic mass is 10.2. The van der Waals surface area contributed by atoms with E-state index in [1.807, 2.05) is 6.92 Å². The molecule has 1 unspecified atom stereocenters. The normalized spacial score (nSPS) is 17.3. The maximum atomic E-state index is 8.85. The summed E-state index contributed by atoms with van der Waals surface area (Å²) >= 11 is 0. The summed E-state index contributed by atoms with van der Waals surface area (Å²) < 4.78 is 10.5. The molecule has 86 valence electrons. The summed E-state index contributed by atoms with van der Waals surface area (Å²) in [7, 11) is 0. The molecular formula is C11H20N2O2. The Bertz CT molecular complexity index is 199. The van der Waals surface area contributed by atoms with Crippen LogP contribution in [0.1, 0.15) is 26.2 Å². The molecule has 0 aromatic carbocycles. The van der Waals surface area contributed by atoms with E-state index >= 15 is 0 Å². The summed E-state index contributed by atoms with van der Waals surface area (Å²) in [6.07, 6.45) is 3.19.